The van der Waals surface area contributed by atoms with Gasteiger partial charge in [0.25, 0.3) is 0 Å². The Kier molecular flexibility index (Phi) is 5.01. The van der Waals surface area contributed by atoms with E-state index >= 15 is 0 Å². The van der Waals surface area contributed by atoms with Crippen molar-refractivity contribution < 1.29 is 4.79 Å². The Balaban J connectivity index is 1.93. The van der Waals surface area contributed by atoms with Crippen molar-refractivity contribution in [3.05, 3.63) is 70.4 Å². The Morgan fingerprint density at radius 3 is 2.57 bits per heavy atom. The Bertz CT molecular complexity index is 680. The van der Waals surface area contributed by atoms with Gasteiger partial charge >= 0.3 is 6.03 Å². The maximum absolute atomic E-state index is 11.8. The molecule has 0 bridgehead atoms. The quantitative estimate of drug-likeness (QED) is 0.844. The highest BCUT2D eigenvalue weighted by molar-refractivity contribution is 6.32. The van der Waals surface area contributed by atoms with Crippen LogP contribution in [0.15, 0.2) is 48.7 Å². The average Bonchev–Trinajstić information content (AvgIpc) is 2.45. The molecule has 0 saturated heterocycles. The molecular weight excluding hydrogens is 284 g/mol. The van der Waals surface area contributed by atoms with E-state index in [1.165, 1.54) is 5.56 Å². The number of aryl methyl sites for hydroxylation is 2. The standard InChI is InChI=1S/C17H17ClN2O/c1-12-7-8-15(11-13(12)2)20-17(21)19-10-9-14-5-3-4-6-16(14)18/h3-11H,1-2H3,(H2,19,20,21)/b10-9+. The van der Waals surface area contributed by atoms with Gasteiger partial charge in [-0.05, 0) is 54.8 Å². The Labute approximate surface area is 129 Å². The number of amides is 2. The molecule has 2 amide bonds. The molecule has 0 aliphatic rings. The number of rotatable bonds is 3. The van der Waals surface area contributed by atoms with E-state index in [0.29, 0.717) is 5.02 Å². The molecule has 0 spiro atoms. The van der Waals surface area contributed by atoms with Crippen molar-refractivity contribution in [1.29, 1.82) is 0 Å². The molecule has 2 aromatic rings. The van der Waals surface area contributed by atoms with Crippen molar-refractivity contribution in [1.82, 2.24) is 5.32 Å². The number of benzene rings is 2. The van der Waals surface area contributed by atoms with E-state index in [0.717, 1.165) is 16.8 Å². The van der Waals surface area contributed by atoms with E-state index in [1.807, 2.05) is 50.2 Å². The van der Waals surface area contributed by atoms with Gasteiger partial charge in [-0.15, -0.1) is 0 Å². The van der Waals surface area contributed by atoms with Crippen LogP contribution >= 0.6 is 11.6 Å². The minimum absolute atomic E-state index is 0.290. The summed E-state index contributed by atoms with van der Waals surface area (Å²) in [5, 5.41) is 6.07. The molecule has 4 heteroatoms. The summed E-state index contributed by atoms with van der Waals surface area (Å²) in [5.74, 6) is 0. The molecule has 0 heterocycles. The van der Waals surface area contributed by atoms with Crippen molar-refractivity contribution >= 4 is 29.4 Å². The lowest BCUT2D eigenvalue weighted by Gasteiger charge is -2.07. The molecule has 0 aromatic heterocycles. The van der Waals surface area contributed by atoms with Gasteiger partial charge in [-0.25, -0.2) is 4.79 Å². The van der Waals surface area contributed by atoms with Crippen molar-refractivity contribution in [3.63, 3.8) is 0 Å². The van der Waals surface area contributed by atoms with E-state index in [9.17, 15) is 4.79 Å². The lowest BCUT2D eigenvalue weighted by Crippen LogP contribution is -2.23. The average molecular weight is 301 g/mol. The zero-order valence-electron chi connectivity index (χ0n) is 12.0. The Morgan fingerprint density at radius 1 is 1.10 bits per heavy atom. The van der Waals surface area contributed by atoms with Crippen LogP contribution < -0.4 is 10.6 Å². The summed E-state index contributed by atoms with van der Waals surface area (Å²) in [6.07, 6.45) is 3.32. The summed E-state index contributed by atoms with van der Waals surface area (Å²) in [6, 6.07) is 12.9. The molecule has 0 atom stereocenters. The van der Waals surface area contributed by atoms with Gasteiger partial charge in [0.15, 0.2) is 0 Å². The Morgan fingerprint density at radius 2 is 1.86 bits per heavy atom. The van der Waals surface area contributed by atoms with Gasteiger partial charge < -0.3 is 10.6 Å². The summed E-state index contributed by atoms with van der Waals surface area (Å²) in [5.41, 5.74) is 3.95. The van der Waals surface area contributed by atoms with E-state index in [4.69, 9.17) is 11.6 Å². The van der Waals surface area contributed by atoms with Crippen LogP contribution in [0.2, 0.25) is 5.02 Å². The number of hydrogen-bond donors (Lipinski definition) is 2. The molecule has 0 radical (unpaired) electrons. The predicted molar refractivity (Wildman–Crippen MR) is 88.6 cm³/mol. The second-order valence-electron chi connectivity index (χ2n) is 4.75. The van der Waals surface area contributed by atoms with Crippen molar-refractivity contribution in [2.45, 2.75) is 13.8 Å². The highest BCUT2D eigenvalue weighted by Crippen LogP contribution is 2.16. The summed E-state index contributed by atoms with van der Waals surface area (Å²) >= 11 is 6.02. The van der Waals surface area contributed by atoms with Crippen LogP contribution in [0.5, 0.6) is 0 Å². The summed E-state index contributed by atoms with van der Waals surface area (Å²) in [6.45, 7) is 4.04. The fraction of sp³-hybridized carbons (Fsp3) is 0.118. The van der Waals surface area contributed by atoms with Crippen LogP contribution in [0.3, 0.4) is 0 Å². The van der Waals surface area contributed by atoms with Gasteiger partial charge in [-0.3, -0.25) is 0 Å². The number of urea groups is 1. The van der Waals surface area contributed by atoms with Gasteiger partial charge in [0.2, 0.25) is 0 Å². The van der Waals surface area contributed by atoms with E-state index in [2.05, 4.69) is 10.6 Å². The molecule has 2 N–H and O–H groups in total. The molecule has 108 valence electrons. The minimum atomic E-state index is -0.290. The van der Waals surface area contributed by atoms with Crippen molar-refractivity contribution in [2.24, 2.45) is 0 Å². The van der Waals surface area contributed by atoms with Crippen LogP contribution in [0, 0.1) is 13.8 Å². The maximum Gasteiger partial charge on any atom is 0.323 e. The van der Waals surface area contributed by atoms with Crippen LogP contribution in [-0.2, 0) is 0 Å². The molecule has 0 aliphatic heterocycles. The molecule has 0 fully saturated rings. The third-order valence-corrected chi connectivity index (χ3v) is 3.49. The first-order valence-electron chi connectivity index (χ1n) is 6.62. The van der Waals surface area contributed by atoms with Gasteiger partial charge in [0, 0.05) is 16.9 Å². The molecule has 2 rings (SSSR count). The van der Waals surface area contributed by atoms with E-state index in [-0.39, 0.29) is 6.03 Å². The molecule has 21 heavy (non-hydrogen) atoms. The summed E-state index contributed by atoms with van der Waals surface area (Å²) in [4.78, 5) is 11.8. The van der Waals surface area contributed by atoms with Crippen molar-refractivity contribution in [2.75, 3.05) is 5.32 Å². The van der Waals surface area contributed by atoms with Crippen LogP contribution in [0.4, 0.5) is 10.5 Å². The third-order valence-electron chi connectivity index (χ3n) is 3.15. The first-order chi connectivity index (χ1) is 10.1. The fourth-order valence-corrected chi connectivity index (χ4v) is 2.00. The third kappa shape index (κ3) is 4.36. The number of nitrogens with one attached hydrogen (secondary N) is 2. The summed E-state index contributed by atoms with van der Waals surface area (Å²) < 4.78 is 0. The second kappa shape index (κ2) is 6.95. The zero-order valence-corrected chi connectivity index (χ0v) is 12.7. The zero-order chi connectivity index (χ0) is 15.2. The number of halogens is 1. The monoisotopic (exact) mass is 300 g/mol. The van der Waals surface area contributed by atoms with Crippen LogP contribution in [0.1, 0.15) is 16.7 Å². The molecule has 0 saturated carbocycles. The minimum Gasteiger partial charge on any atom is -0.314 e. The smallest absolute Gasteiger partial charge is 0.314 e. The lowest BCUT2D eigenvalue weighted by atomic mass is 10.1. The van der Waals surface area contributed by atoms with Gasteiger partial charge in [0.1, 0.15) is 0 Å². The van der Waals surface area contributed by atoms with E-state index in [1.54, 1.807) is 18.3 Å². The normalized spacial score (nSPS) is 10.6. The predicted octanol–water partition coefficient (Wildman–Crippen LogP) is 4.75. The highest BCUT2D eigenvalue weighted by atomic mass is 35.5. The first kappa shape index (κ1) is 15.1. The van der Waals surface area contributed by atoms with Gasteiger partial charge in [0.05, 0.1) is 0 Å². The summed E-state index contributed by atoms with van der Waals surface area (Å²) in [7, 11) is 0. The maximum atomic E-state index is 11.8. The highest BCUT2D eigenvalue weighted by Gasteiger charge is 2.01. The fourth-order valence-electron chi connectivity index (χ4n) is 1.80. The SMILES string of the molecule is Cc1ccc(NC(=O)N/C=C/c2ccccc2Cl)cc1C. The number of carbonyl (C=O) groups is 1. The molecule has 0 aliphatic carbocycles. The van der Waals surface area contributed by atoms with Crippen LogP contribution in [-0.4, -0.2) is 6.03 Å². The number of carbonyl (C=O) groups excluding carboxylic acids is 1. The number of hydrogen-bond acceptors (Lipinski definition) is 1. The number of anilines is 1. The molecule has 0 unspecified atom stereocenters. The van der Waals surface area contributed by atoms with Gasteiger partial charge in [-0.1, -0.05) is 35.9 Å². The van der Waals surface area contributed by atoms with E-state index < -0.39 is 0 Å². The van der Waals surface area contributed by atoms with Crippen LogP contribution in [0.25, 0.3) is 6.08 Å². The Hall–Kier alpha value is -2.26. The van der Waals surface area contributed by atoms with Gasteiger partial charge in [-0.2, -0.15) is 0 Å². The molecule has 3 nitrogen and oxygen atoms in total. The topological polar surface area (TPSA) is 41.1 Å². The van der Waals surface area contributed by atoms with Crippen molar-refractivity contribution in [3.8, 4) is 0 Å². The second-order valence-corrected chi connectivity index (χ2v) is 5.16. The largest absolute Gasteiger partial charge is 0.323 e. The first-order valence-corrected chi connectivity index (χ1v) is 7.00. The lowest BCUT2D eigenvalue weighted by molar-refractivity contribution is 0.255. The molecule has 2 aromatic carbocycles. The molecular formula is C17H17ClN2O.